The molecule has 1 heterocycles. The number of hydrogen-bond donors (Lipinski definition) is 1. The number of benzene rings is 1. The van der Waals surface area contributed by atoms with Gasteiger partial charge in [-0.2, -0.15) is 0 Å². The molecule has 1 N–H and O–H groups in total. The number of aliphatic hydroxyl groups is 1. The normalized spacial score (nSPS) is 17.2. The molecule has 0 unspecified atom stereocenters. The van der Waals surface area contributed by atoms with Gasteiger partial charge in [0.1, 0.15) is 24.2 Å². The Hall–Kier alpha value is -1.34. The van der Waals surface area contributed by atoms with Crippen LogP contribution in [0.25, 0.3) is 0 Å². The molecule has 6 heteroatoms. The summed E-state index contributed by atoms with van der Waals surface area (Å²) in [6.07, 6.45) is 5.89. The van der Waals surface area contributed by atoms with Crippen LogP contribution in [-0.4, -0.2) is 81.7 Å². The van der Waals surface area contributed by atoms with Crippen molar-refractivity contribution in [3.8, 4) is 11.5 Å². The zero-order valence-electron chi connectivity index (χ0n) is 17.9. The number of nitrogens with zero attached hydrogens (tertiary/aromatic N) is 2. The first kappa shape index (κ1) is 22.9. The second-order valence-corrected chi connectivity index (χ2v) is 7.74. The fourth-order valence-corrected chi connectivity index (χ4v) is 3.58. The van der Waals surface area contributed by atoms with E-state index in [4.69, 9.17) is 14.2 Å². The lowest BCUT2D eigenvalue weighted by molar-refractivity contribution is 0.0647. The minimum Gasteiger partial charge on any atom is -0.497 e. The van der Waals surface area contributed by atoms with Crippen LogP contribution in [0.1, 0.15) is 37.7 Å². The fraction of sp³-hybridized carbons (Fsp3) is 0.727. The summed E-state index contributed by atoms with van der Waals surface area (Å²) < 4.78 is 16.5. The highest BCUT2D eigenvalue weighted by molar-refractivity contribution is 5.40. The van der Waals surface area contributed by atoms with Crippen LogP contribution in [0.2, 0.25) is 0 Å². The maximum absolute atomic E-state index is 10.5. The van der Waals surface area contributed by atoms with Crippen LogP contribution in [0, 0.1) is 0 Å². The molecule has 0 amide bonds. The number of likely N-dealkylation sites (N-methyl/N-ethyl adjacent to an activating group) is 1. The van der Waals surface area contributed by atoms with E-state index in [9.17, 15) is 5.11 Å². The number of β-amino-alcohol motifs (C(OH)–C–C–N with tert-alkyl or cyclic N) is 1. The Kier molecular flexibility index (Phi) is 10.6. The Labute approximate surface area is 170 Å². The molecule has 0 aliphatic carbocycles. The Morgan fingerprint density at radius 1 is 1.11 bits per heavy atom. The Balaban J connectivity index is 1.91. The molecule has 28 heavy (non-hydrogen) atoms. The Bertz CT molecular complexity index is 547. The van der Waals surface area contributed by atoms with Crippen LogP contribution in [0.15, 0.2) is 18.2 Å². The molecule has 6 nitrogen and oxygen atoms in total. The van der Waals surface area contributed by atoms with Gasteiger partial charge in [0.05, 0.1) is 13.7 Å². The van der Waals surface area contributed by atoms with Crippen LogP contribution in [0.3, 0.4) is 0 Å². The molecule has 1 saturated heterocycles. The molecule has 0 spiro atoms. The molecule has 1 aromatic rings. The van der Waals surface area contributed by atoms with E-state index in [0.29, 0.717) is 19.8 Å². The van der Waals surface area contributed by atoms with Crippen LogP contribution in [0.4, 0.5) is 0 Å². The lowest BCUT2D eigenvalue weighted by Crippen LogP contribution is -2.37. The largest absolute Gasteiger partial charge is 0.497 e. The van der Waals surface area contributed by atoms with Crippen LogP contribution < -0.4 is 9.47 Å². The van der Waals surface area contributed by atoms with Crippen molar-refractivity contribution in [1.82, 2.24) is 9.80 Å². The molecular weight excluding hydrogens is 356 g/mol. The van der Waals surface area contributed by atoms with Crippen LogP contribution >= 0.6 is 0 Å². The van der Waals surface area contributed by atoms with Gasteiger partial charge < -0.3 is 24.2 Å². The van der Waals surface area contributed by atoms with E-state index in [1.54, 1.807) is 14.2 Å². The first-order valence-corrected chi connectivity index (χ1v) is 10.5. The lowest BCUT2D eigenvalue weighted by atomic mass is 10.1. The molecule has 0 aromatic heterocycles. The maximum Gasteiger partial charge on any atom is 0.127 e. The summed E-state index contributed by atoms with van der Waals surface area (Å²) in [6.45, 7) is 5.41. The molecule has 160 valence electrons. The van der Waals surface area contributed by atoms with Gasteiger partial charge in [0.15, 0.2) is 0 Å². The quantitative estimate of drug-likeness (QED) is 0.623. The van der Waals surface area contributed by atoms with Gasteiger partial charge >= 0.3 is 0 Å². The van der Waals surface area contributed by atoms with Gasteiger partial charge in [-0.25, -0.2) is 0 Å². The van der Waals surface area contributed by atoms with E-state index >= 15 is 0 Å². The second-order valence-electron chi connectivity index (χ2n) is 7.74. The van der Waals surface area contributed by atoms with Gasteiger partial charge in [-0.3, -0.25) is 4.90 Å². The third-order valence-corrected chi connectivity index (χ3v) is 5.24. The summed E-state index contributed by atoms with van der Waals surface area (Å²) >= 11 is 0. The molecule has 0 saturated carbocycles. The zero-order chi connectivity index (χ0) is 20.2. The van der Waals surface area contributed by atoms with Crippen LogP contribution in [-0.2, 0) is 11.3 Å². The molecule has 1 aromatic carbocycles. The predicted octanol–water partition coefficient (Wildman–Crippen LogP) is 2.78. The first-order valence-electron chi connectivity index (χ1n) is 10.5. The van der Waals surface area contributed by atoms with E-state index in [1.165, 1.54) is 32.1 Å². The predicted molar refractivity (Wildman–Crippen MR) is 112 cm³/mol. The van der Waals surface area contributed by atoms with Crippen molar-refractivity contribution < 1.29 is 19.3 Å². The number of likely N-dealkylation sites (tertiary alicyclic amines) is 1. The minimum atomic E-state index is -0.496. The van der Waals surface area contributed by atoms with Crippen molar-refractivity contribution in [3.05, 3.63) is 23.8 Å². The van der Waals surface area contributed by atoms with Gasteiger partial charge in [-0.15, -0.1) is 0 Å². The maximum atomic E-state index is 10.5. The number of hydrogen-bond acceptors (Lipinski definition) is 6. The number of ether oxygens (including phenoxy) is 3. The molecular formula is C22H38N2O4. The summed E-state index contributed by atoms with van der Waals surface area (Å²) in [5.74, 6) is 1.53. The molecule has 1 aliphatic heterocycles. The van der Waals surface area contributed by atoms with Gasteiger partial charge in [0.2, 0.25) is 0 Å². The summed E-state index contributed by atoms with van der Waals surface area (Å²) in [4.78, 5) is 4.56. The van der Waals surface area contributed by atoms with Gasteiger partial charge in [0, 0.05) is 38.4 Å². The standard InChI is InChI=1S/C22H38N2O4/c1-23(13-14-26-2)16-19-9-10-21(27-3)15-22(19)28-18-20(25)17-24-11-7-5-4-6-8-12-24/h9-10,15,20,25H,4-8,11-14,16-18H2,1-3H3/t20-/m1/s1. The monoisotopic (exact) mass is 394 g/mol. The van der Waals surface area contributed by atoms with E-state index in [-0.39, 0.29) is 0 Å². The van der Waals surface area contributed by atoms with Gasteiger partial charge in [-0.1, -0.05) is 25.3 Å². The highest BCUT2D eigenvalue weighted by Crippen LogP contribution is 2.26. The summed E-state index contributed by atoms with van der Waals surface area (Å²) in [7, 11) is 5.42. The second kappa shape index (κ2) is 13.0. The Morgan fingerprint density at radius 3 is 2.50 bits per heavy atom. The van der Waals surface area contributed by atoms with E-state index < -0.39 is 6.10 Å². The highest BCUT2D eigenvalue weighted by Gasteiger charge is 2.15. The average Bonchev–Trinajstić information content (AvgIpc) is 2.67. The summed E-state index contributed by atoms with van der Waals surface area (Å²) in [5, 5.41) is 10.5. The van der Waals surface area contributed by atoms with Crippen molar-refractivity contribution in [2.24, 2.45) is 0 Å². The summed E-state index contributed by atoms with van der Waals surface area (Å²) in [6, 6.07) is 5.88. The SMILES string of the molecule is COCCN(C)Cc1ccc(OC)cc1OC[C@H](O)CN1CCCCCCC1. The van der Waals surface area contributed by atoms with Crippen molar-refractivity contribution in [1.29, 1.82) is 0 Å². The molecule has 1 atom stereocenters. The average molecular weight is 395 g/mol. The summed E-state index contributed by atoms with van der Waals surface area (Å²) in [5.41, 5.74) is 1.08. The highest BCUT2D eigenvalue weighted by atomic mass is 16.5. The molecule has 1 aliphatic rings. The fourth-order valence-electron chi connectivity index (χ4n) is 3.58. The molecule has 0 radical (unpaired) electrons. The number of rotatable bonds is 11. The molecule has 2 rings (SSSR count). The lowest BCUT2D eigenvalue weighted by Gasteiger charge is -2.27. The molecule has 0 bridgehead atoms. The Morgan fingerprint density at radius 2 is 1.82 bits per heavy atom. The van der Waals surface area contributed by atoms with Crippen molar-refractivity contribution in [2.75, 3.05) is 60.7 Å². The van der Waals surface area contributed by atoms with Crippen LogP contribution in [0.5, 0.6) is 11.5 Å². The van der Waals surface area contributed by atoms with E-state index in [1.807, 2.05) is 18.2 Å². The third-order valence-electron chi connectivity index (χ3n) is 5.24. The van der Waals surface area contributed by atoms with Crippen molar-refractivity contribution >= 4 is 0 Å². The first-order chi connectivity index (χ1) is 13.6. The number of methoxy groups -OCH3 is 2. The third kappa shape index (κ3) is 8.35. The van der Waals surface area contributed by atoms with E-state index in [2.05, 4.69) is 16.8 Å². The van der Waals surface area contributed by atoms with Gasteiger partial charge in [-0.05, 0) is 39.0 Å². The van der Waals surface area contributed by atoms with Crippen molar-refractivity contribution in [3.63, 3.8) is 0 Å². The smallest absolute Gasteiger partial charge is 0.127 e. The zero-order valence-corrected chi connectivity index (χ0v) is 17.9. The van der Waals surface area contributed by atoms with E-state index in [0.717, 1.165) is 43.2 Å². The number of aliphatic hydroxyl groups excluding tert-OH is 1. The van der Waals surface area contributed by atoms with Gasteiger partial charge in [0.25, 0.3) is 0 Å². The topological polar surface area (TPSA) is 54.4 Å². The minimum absolute atomic E-state index is 0.290. The van der Waals surface area contributed by atoms with Crippen molar-refractivity contribution in [2.45, 2.75) is 44.8 Å². The molecule has 1 fully saturated rings.